The van der Waals surface area contributed by atoms with Crippen molar-refractivity contribution in [3.63, 3.8) is 0 Å². The minimum atomic E-state index is 0.797. The predicted molar refractivity (Wildman–Crippen MR) is 106 cm³/mol. The second-order valence-electron chi connectivity index (χ2n) is 6.22. The highest BCUT2D eigenvalue weighted by molar-refractivity contribution is 5.95. The maximum Gasteiger partial charge on any atom is 0.137 e. The molecule has 0 saturated heterocycles. The molecule has 2 aromatic carbocycles. The van der Waals surface area contributed by atoms with Gasteiger partial charge in [-0.3, -0.25) is 5.10 Å². The van der Waals surface area contributed by atoms with Crippen LogP contribution < -0.4 is 4.74 Å². The van der Waals surface area contributed by atoms with Crippen LogP contribution in [0.4, 0.5) is 0 Å². The Morgan fingerprint density at radius 3 is 2.48 bits per heavy atom. The quantitative estimate of drug-likeness (QED) is 0.454. The topological polar surface area (TPSA) is 66.6 Å². The number of aromatic nitrogens is 4. The molecule has 0 bridgehead atoms. The molecule has 2 N–H and O–H groups in total. The van der Waals surface area contributed by atoms with Crippen molar-refractivity contribution in [2.24, 2.45) is 0 Å². The monoisotopic (exact) mass is 352 g/mol. The van der Waals surface area contributed by atoms with Gasteiger partial charge in [0.2, 0.25) is 0 Å². The van der Waals surface area contributed by atoms with E-state index in [0.717, 1.165) is 44.8 Å². The lowest BCUT2D eigenvalue weighted by Crippen LogP contribution is -1.89. The van der Waals surface area contributed by atoms with Crippen molar-refractivity contribution < 1.29 is 4.74 Å². The molecule has 0 atom stereocenters. The number of pyridine rings is 1. The van der Waals surface area contributed by atoms with Gasteiger partial charge in [0.1, 0.15) is 17.1 Å². The Hall–Kier alpha value is -3.86. The fraction of sp³-hybridized carbons (Fsp3) is 0. The number of para-hydroxylation sites is 2. The molecule has 0 aliphatic heterocycles. The van der Waals surface area contributed by atoms with Crippen molar-refractivity contribution in [1.82, 2.24) is 20.2 Å². The van der Waals surface area contributed by atoms with E-state index in [1.807, 2.05) is 79.4 Å². The van der Waals surface area contributed by atoms with Crippen molar-refractivity contribution in [3.05, 3.63) is 85.5 Å². The van der Waals surface area contributed by atoms with E-state index in [4.69, 9.17) is 4.74 Å². The summed E-state index contributed by atoms with van der Waals surface area (Å²) in [6.07, 6.45) is 7.51. The first-order valence-electron chi connectivity index (χ1n) is 8.67. The van der Waals surface area contributed by atoms with Crippen LogP contribution in [0.5, 0.6) is 11.5 Å². The Bertz CT molecular complexity index is 1190. The zero-order valence-electron chi connectivity index (χ0n) is 14.4. The summed E-state index contributed by atoms with van der Waals surface area (Å²) in [4.78, 5) is 7.82. The second kappa shape index (κ2) is 6.46. The van der Waals surface area contributed by atoms with Crippen LogP contribution in [0.15, 0.2) is 85.5 Å². The normalized spacial score (nSPS) is 11.0. The van der Waals surface area contributed by atoms with Crippen LogP contribution in [-0.4, -0.2) is 20.2 Å². The Morgan fingerprint density at radius 2 is 1.63 bits per heavy atom. The van der Waals surface area contributed by atoms with E-state index in [1.54, 1.807) is 0 Å². The minimum Gasteiger partial charge on any atom is -0.457 e. The molecule has 5 rings (SSSR count). The first kappa shape index (κ1) is 15.4. The summed E-state index contributed by atoms with van der Waals surface area (Å²) in [5.74, 6) is 1.60. The zero-order valence-corrected chi connectivity index (χ0v) is 14.4. The van der Waals surface area contributed by atoms with E-state index in [-0.39, 0.29) is 0 Å². The molecule has 130 valence electrons. The highest BCUT2D eigenvalue weighted by Gasteiger charge is 2.12. The Balaban J connectivity index is 1.61. The van der Waals surface area contributed by atoms with Crippen LogP contribution in [0.25, 0.3) is 33.3 Å². The van der Waals surface area contributed by atoms with E-state index >= 15 is 0 Å². The maximum atomic E-state index is 6.11. The van der Waals surface area contributed by atoms with E-state index in [2.05, 4.69) is 26.2 Å². The van der Waals surface area contributed by atoms with Crippen molar-refractivity contribution in [3.8, 4) is 33.8 Å². The lowest BCUT2D eigenvalue weighted by molar-refractivity contribution is 0.484. The van der Waals surface area contributed by atoms with Gasteiger partial charge in [-0.1, -0.05) is 36.4 Å². The molecule has 0 spiro atoms. The van der Waals surface area contributed by atoms with Crippen molar-refractivity contribution in [1.29, 1.82) is 0 Å². The maximum absolute atomic E-state index is 6.11. The molecule has 0 amide bonds. The average Bonchev–Trinajstić information content (AvgIpc) is 3.38. The van der Waals surface area contributed by atoms with Gasteiger partial charge in [0, 0.05) is 46.2 Å². The van der Waals surface area contributed by atoms with Gasteiger partial charge in [-0.15, -0.1) is 0 Å². The first-order chi connectivity index (χ1) is 13.4. The number of nitrogens with zero attached hydrogens (tertiary/aromatic N) is 2. The summed E-state index contributed by atoms with van der Waals surface area (Å²) >= 11 is 0. The van der Waals surface area contributed by atoms with Crippen molar-refractivity contribution >= 4 is 11.0 Å². The molecule has 5 aromatic rings. The van der Waals surface area contributed by atoms with Gasteiger partial charge >= 0.3 is 0 Å². The largest absolute Gasteiger partial charge is 0.457 e. The third-order valence-electron chi connectivity index (χ3n) is 4.51. The number of rotatable bonds is 4. The molecule has 0 fully saturated rings. The van der Waals surface area contributed by atoms with E-state index in [1.165, 1.54) is 0 Å². The van der Waals surface area contributed by atoms with Crippen LogP contribution in [0, 0.1) is 0 Å². The smallest absolute Gasteiger partial charge is 0.137 e. The fourth-order valence-electron chi connectivity index (χ4n) is 3.20. The molecule has 5 nitrogen and oxygen atoms in total. The van der Waals surface area contributed by atoms with Gasteiger partial charge in [0.05, 0.1) is 6.20 Å². The van der Waals surface area contributed by atoms with Gasteiger partial charge in [-0.2, -0.15) is 5.10 Å². The molecule has 0 aliphatic carbocycles. The number of nitrogens with one attached hydrogen (secondary N) is 2. The predicted octanol–water partition coefficient (Wildman–Crippen LogP) is 5.41. The van der Waals surface area contributed by atoms with Crippen LogP contribution in [0.3, 0.4) is 0 Å². The van der Waals surface area contributed by atoms with Crippen LogP contribution >= 0.6 is 0 Å². The van der Waals surface area contributed by atoms with E-state index in [0.29, 0.717) is 0 Å². The number of H-pyrrole nitrogens is 2. The van der Waals surface area contributed by atoms with Crippen LogP contribution in [0.2, 0.25) is 0 Å². The van der Waals surface area contributed by atoms with Gasteiger partial charge in [0.15, 0.2) is 0 Å². The molecular weight excluding hydrogens is 336 g/mol. The zero-order chi connectivity index (χ0) is 18.1. The summed E-state index contributed by atoms with van der Waals surface area (Å²) in [5, 5.41) is 7.95. The molecule has 3 aromatic heterocycles. The molecule has 27 heavy (non-hydrogen) atoms. The van der Waals surface area contributed by atoms with Crippen molar-refractivity contribution in [2.75, 3.05) is 0 Å². The first-order valence-corrected chi connectivity index (χ1v) is 8.67. The lowest BCUT2D eigenvalue weighted by Gasteiger charge is -2.11. The van der Waals surface area contributed by atoms with Crippen LogP contribution in [-0.2, 0) is 0 Å². The number of ether oxygens (including phenoxy) is 1. The van der Waals surface area contributed by atoms with Gasteiger partial charge in [0.25, 0.3) is 0 Å². The highest BCUT2D eigenvalue weighted by atomic mass is 16.5. The Morgan fingerprint density at radius 1 is 0.778 bits per heavy atom. The number of aromatic amines is 2. The minimum absolute atomic E-state index is 0.797. The molecule has 0 unspecified atom stereocenters. The third-order valence-corrected chi connectivity index (χ3v) is 4.51. The van der Waals surface area contributed by atoms with Crippen molar-refractivity contribution in [2.45, 2.75) is 0 Å². The highest BCUT2D eigenvalue weighted by Crippen LogP contribution is 2.36. The molecule has 0 aliphatic rings. The van der Waals surface area contributed by atoms with Gasteiger partial charge < -0.3 is 9.72 Å². The Kier molecular flexibility index (Phi) is 3.68. The van der Waals surface area contributed by atoms with Crippen LogP contribution in [0.1, 0.15) is 0 Å². The molecular formula is C22H16N4O. The molecule has 0 saturated carbocycles. The number of fused-ring (bicyclic) bond motifs is 1. The van der Waals surface area contributed by atoms with Gasteiger partial charge in [-0.05, 0) is 24.3 Å². The third kappa shape index (κ3) is 2.85. The summed E-state index contributed by atoms with van der Waals surface area (Å²) in [6.45, 7) is 0. The SMILES string of the molecule is c1ccc(Oc2ccccc2-c2cnc3[nH]cc(-c4cn[nH]c4)c3c2)cc1. The summed E-state index contributed by atoms with van der Waals surface area (Å²) in [5.41, 5.74) is 4.92. The van der Waals surface area contributed by atoms with Gasteiger partial charge in [-0.25, -0.2) is 4.98 Å². The second-order valence-corrected chi connectivity index (χ2v) is 6.22. The lowest BCUT2D eigenvalue weighted by atomic mass is 10.0. The summed E-state index contributed by atoms with van der Waals surface area (Å²) in [6, 6.07) is 19.9. The molecule has 5 heteroatoms. The number of hydrogen-bond donors (Lipinski definition) is 2. The summed E-state index contributed by atoms with van der Waals surface area (Å²) < 4.78 is 6.11. The average molecular weight is 352 g/mol. The number of hydrogen-bond acceptors (Lipinski definition) is 3. The number of benzene rings is 2. The summed E-state index contributed by atoms with van der Waals surface area (Å²) in [7, 11) is 0. The fourth-order valence-corrected chi connectivity index (χ4v) is 3.20. The molecule has 3 heterocycles. The Labute approximate surface area is 155 Å². The standard InChI is InChI=1S/C22H16N4O/c1-2-6-17(7-3-1)27-21-9-5-4-8-18(21)15-10-19-20(16-12-25-26-13-16)14-24-22(19)23-11-15/h1-14H,(H,23,24)(H,25,26). The van der Waals surface area contributed by atoms with E-state index in [9.17, 15) is 0 Å². The van der Waals surface area contributed by atoms with E-state index < -0.39 is 0 Å². The molecule has 0 radical (unpaired) electrons.